The molecular formula is C10H9N3O. The van der Waals surface area contributed by atoms with Crippen molar-refractivity contribution in [3.63, 3.8) is 0 Å². The van der Waals surface area contributed by atoms with Crippen molar-refractivity contribution in [3.05, 3.63) is 35.2 Å². The zero-order valence-corrected chi connectivity index (χ0v) is 7.73. The Kier molecular flexibility index (Phi) is 1.95. The highest BCUT2D eigenvalue weighted by atomic mass is 16.3. The number of hydrogen-bond acceptors (Lipinski definition) is 3. The van der Waals surface area contributed by atoms with Gasteiger partial charge in [0.05, 0.1) is 12.1 Å². The Balaban J connectivity index is 2.83. The van der Waals surface area contributed by atoms with Crippen molar-refractivity contribution >= 4 is 5.52 Å². The predicted molar refractivity (Wildman–Crippen MR) is 50.6 cm³/mol. The summed E-state index contributed by atoms with van der Waals surface area (Å²) in [6.07, 6.45) is 0. The molecular weight excluding hydrogens is 178 g/mol. The van der Waals surface area contributed by atoms with Gasteiger partial charge in [0.25, 0.3) is 0 Å². The number of aliphatic hydroxyl groups is 1. The molecule has 0 aliphatic carbocycles. The third-order valence-corrected chi connectivity index (χ3v) is 2.18. The monoisotopic (exact) mass is 187 g/mol. The minimum atomic E-state index is -0.0413. The molecule has 0 bridgehead atoms. The highest BCUT2D eigenvalue weighted by Gasteiger charge is 2.06. The molecule has 4 heteroatoms. The topological polar surface area (TPSA) is 61.3 Å². The van der Waals surface area contributed by atoms with E-state index < -0.39 is 0 Å². The number of rotatable bonds is 1. The maximum atomic E-state index is 9.08. The van der Waals surface area contributed by atoms with Gasteiger partial charge in [-0.3, -0.25) is 0 Å². The second kappa shape index (κ2) is 3.13. The first-order valence-corrected chi connectivity index (χ1v) is 4.25. The van der Waals surface area contributed by atoms with E-state index in [0.29, 0.717) is 5.69 Å². The van der Waals surface area contributed by atoms with Crippen LogP contribution in [0.2, 0.25) is 0 Å². The molecule has 0 aromatic carbocycles. The van der Waals surface area contributed by atoms with Crippen LogP contribution in [0.4, 0.5) is 0 Å². The van der Waals surface area contributed by atoms with Gasteiger partial charge < -0.3 is 5.11 Å². The van der Waals surface area contributed by atoms with Crippen molar-refractivity contribution in [2.45, 2.75) is 13.5 Å². The van der Waals surface area contributed by atoms with Gasteiger partial charge in [-0.05, 0) is 13.0 Å². The zero-order valence-electron chi connectivity index (χ0n) is 7.73. The number of aromatic nitrogens is 2. The van der Waals surface area contributed by atoms with Gasteiger partial charge in [-0.2, -0.15) is 10.4 Å². The van der Waals surface area contributed by atoms with E-state index in [1.807, 2.05) is 25.1 Å². The standard InChI is InChI=1S/C10H9N3O/c1-7-2-3-8(6-14)10-4-9(5-11)12-13(7)10/h2-4,14H,6H2,1H3. The Morgan fingerprint density at radius 3 is 3.00 bits per heavy atom. The number of aryl methyl sites for hydroxylation is 1. The van der Waals surface area contributed by atoms with Gasteiger partial charge in [-0.1, -0.05) is 6.07 Å². The lowest BCUT2D eigenvalue weighted by atomic mass is 10.2. The Hall–Kier alpha value is -1.86. The van der Waals surface area contributed by atoms with Crippen molar-refractivity contribution in [3.8, 4) is 6.07 Å². The highest BCUT2D eigenvalue weighted by molar-refractivity contribution is 5.57. The summed E-state index contributed by atoms with van der Waals surface area (Å²) in [6, 6.07) is 7.37. The number of nitrogens with zero attached hydrogens (tertiary/aromatic N) is 3. The van der Waals surface area contributed by atoms with Crippen molar-refractivity contribution < 1.29 is 5.11 Å². The van der Waals surface area contributed by atoms with Crippen molar-refractivity contribution in [2.75, 3.05) is 0 Å². The minimum Gasteiger partial charge on any atom is -0.392 e. The smallest absolute Gasteiger partial charge is 0.163 e. The van der Waals surface area contributed by atoms with Crippen LogP contribution < -0.4 is 0 Å². The summed E-state index contributed by atoms with van der Waals surface area (Å²) in [7, 11) is 0. The van der Waals surface area contributed by atoms with Crippen molar-refractivity contribution in [2.24, 2.45) is 0 Å². The van der Waals surface area contributed by atoms with E-state index in [9.17, 15) is 0 Å². The van der Waals surface area contributed by atoms with Gasteiger partial charge >= 0.3 is 0 Å². The highest BCUT2D eigenvalue weighted by Crippen LogP contribution is 2.14. The van der Waals surface area contributed by atoms with E-state index >= 15 is 0 Å². The predicted octanol–water partition coefficient (Wildman–Crippen LogP) is 1.01. The normalized spacial score (nSPS) is 10.4. The number of fused-ring (bicyclic) bond motifs is 1. The van der Waals surface area contributed by atoms with E-state index in [4.69, 9.17) is 10.4 Å². The van der Waals surface area contributed by atoms with E-state index in [1.54, 1.807) is 10.6 Å². The summed E-state index contributed by atoms with van der Waals surface area (Å²) in [5, 5.41) is 21.9. The first-order valence-electron chi connectivity index (χ1n) is 4.25. The third kappa shape index (κ3) is 1.15. The molecule has 0 atom stereocenters. The molecule has 2 heterocycles. The summed E-state index contributed by atoms with van der Waals surface area (Å²) in [5.41, 5.74) is 2.89. The molecule has 0 aliphatic heterocycles. The van der Waals surface area contributed by atoms with Crippen LogP contribution in [0, 0.1) is 18.3 Å². The van der Waals surface area contributed by atoms with Crippen LogP contribution >= 0.6 is 0 Å². The molecule has 14 heavy (non-hydrogen) atoms. The number of aliphatic hydroxyl groups excluding tert-OH is 1. The van der Waals surface area contributed by atoms with Crippen molar-refractivity contribution in [1.29, 1.82) is 5.26 Å². The van der Waals surface area contributed by atoms with Gasteiger partial charge in [0, 0.05) is 17.3 Å². The Bertz CT molecular complexity index is 522. The summed E-state index contributed by atoms with van der Waals surface area (Å²) in [4.78, 5) is 0. The molecule has 1 N–H and O–H groups in total. The molecule has 0 amide bonds. The SMILES string of the molecule is Cc1ccc(CO)c2cc(C#N)nn12. The molecule has 0 saturated carbocycles. The second-order valence-electron chi connectivity index (χ2n) is 3.10. The first-order chi connectivity index (χ1) is 6.76. The fourth-order valence-corrected chi connectivity index (χ4v) is 1.44. The summed E-state index contributed by atoms with van der Waals surface area (Å²) in [5.74, 6) is 0. The largest absolute Gasteiger partial charge is 0.392 e. The Labute approximate surface area is 81.0 Å². The summed E-state index contributed by atoms with van der Waals surface area (Å²) in [6.45, 7) is 1.86. The molecule has 0 saturated heterocycles. The molecule has 0 fully saturated rings. The average Bonchev–Trinajstić information content (AvgIpc) is 2.63. The first kappa shape index (κ1) is 8.73. The average molecular weight is 187 g/mol. The molecule has 0 aliphatic rings. The second-order valence-corrected chi connectivity index (χ2v) is 3.10. The molecule has 4 nitrogen and oxygen atoms in total. The quantitative estimate of drug-likeness (QED) is 0.724. The van der Waals surface area contributed by atoms with Crippen molar-refractivity contribution in [1.82, 2.24) is 9.61 Å². The summed E-state index contributed by atoms with van der Waals surface area (Å²) >= 11 is 0. The van der Waals surface area contributed by atoms with Crippen LogP contribution in [0.3, 0.4) is 0 Å². The van der Waals surface area contributed by atoms with Gasteiger partial charge in [0.1, 0.15) is 6.07 Å². The van der Waals surface area contributed by atoms with Crippen LogP contribution in [0.5, 0.6) is 0 Å². The van der Waals surface area contributed by atoms with E-state index in [0.717, 1.165) is 16.8 Å². The van der Waals surface area contributed by atoms with Crippen LogP contribution in [-0.2, 0) is 6.61 Å². The van der Waals surface area contributed by atoms with Crippen LogP contribution in [0.1, 0.15) is 17.0 Å². The number of pyridine rings is 1. The molecule has 2 rings (SSSR count). The third-order valence-electron chi connectivity index (χ3n) is 2.18. The maximum absolute atomic E-state index is 9.08. The molecule has 0 unspecified atom stereocenters. The van der Waals surface area contributed by atoms with Crippen LogP contribution in [0.25, 0.3) is 5.52 Å². The molecule has 0 spiro atoms. The molecule has 70 valence electrons. The van der Waals surface area contributed by atoms with Crippen LogP contribution in [-0.4, -0.2) is 14.7 Å². The van der Waals surface area contributed by atoms with Gasteiger partial charge in [0.15, 0.2) is 5.69 Å². The van der Waals surface area contributed by atoms with E-state index in [-0.39, 0.29) is 6.61 Å². The molecule has 2 aromatic rings. The van der Waals surface area contributed by atoms with Crippen LogP contribution in [0.15, 0.2) is 18.2 Å². The number of nitriles is 1. The number of hydrogen-bond donors (Lipinski definition) is 1. The summed E-state index contributed by atoms with van der Waals surface area (Å²) < 4.78 is 1.67. The zero-order chi connectivity index (χ0) is 10.1. The lowest BCUT2D eigenvalue weighted by Crippen LogP contribution is -1.96. The molecule has 2 aromatic heterocycles. The van der Waals surface area contributed by atoms with E-state index in [2.05, 4.69) is 5.10 Å². The van der Waals surface area contributed by atoms with Gasteiger partial charge in [0.2, 0.25) is 0 Å². The van der Waals surface area contributed by atoms with E-state index in [1.165, 1.54) is 0 Å². The lowest BCUT2D eigenvalue weighted by Gasteiger charge is -2.02. The van der Waals surface area contributed by atoms with Gasteiger partial charge in [-0.15, -0.1) is 0 Å². The Morgan fingerprint density at radius 2 is 2.36 bits per heavy atom. The fraction of sp³-hybridized carbons (Fsp3) is 0.200. The lowest BCUT2D eigenvalue weighted by molar-refractivity contribution is 0.283. The fourth-order valence-electron chi connectivity index (χ4n) is 1.44. The molecule has 0 radical (unpaired) electrons. The van der Waals surface area contributed by atoms with Gasteiger partial charge in [-0.25, -0.2) is 4.52 Å². The Morgan fingerprint density at radius 1 is 1.57 bits per heavy atom. The maximum Gasteiger partial charge on any atom is 0.163 e. The minimum absolute atomic E-state index is 0.0413.